The van der Waals surface area contributed by atoms with Crippen molar-refractivity contribution in [2.24, 2.45) is 11.7 Å². The lowest BCUT2D eigenvalue weighted by molar-refractivity contribution is 0.240. The summed E-state index contributed by atoms with van der Waals surface area (Å²) >= 11 is 0. The Hall–Kier alpha value is -0.860. The summed E-state index contributed by atoms with van der Waals surface area (Å²) in [5.41, 5.74) is 8.42. The van der Waals surface area contributed by atoms with Crippen molar-refractivity contribution in [1.29, 1.82) is 0 Å². The molecule has 88 valence electrons. The molecule has 1 aliphatic rings. The molecule has 2 nitrogen and oxygen atoms in total. The Kier molecular flexibility index (Phi) is 3.97. The quantitative estimate of drug-likeness (QED) is 0.794. The second-order valence-electron chi connectivity index (χ2n) is 4.96. The summed E-state index contributed by atoms with van der Waals surface area (Å²) < 4.78 is 0. The highest BCUT2D eigenvalue weighted by molar-refractivity contribution is 5.27. The summed E-state index contributed by atoms with van der Waals surface area (Å²) in [4.78, 5) is 0. The topological polar surface area (TPSA) is 38.0 Å². The third-order valence-corrected chi connectivity index (χ3v) is 3.49. The Morgan fingerprint density at radius 2 is 1.94 bits per heavy atom. The molecule has 0 atom stereocenters. The van der Waals surface area contributed by atoms with Gasteiger partial charge in [0.25, 0.3) is 0 Å². The molecule has 2 heteroatoms. The molecular formula is C14H22N2. The third-order valence-electron chi connectivity index (χ3n) is 3.49. The average Bonchev–Trinajstić information content (AvgIpc) is 2.25. The highest BCUT2D eigenvalue weighted by Gasteiger charge is 2.24. The van der Waals surface area contributed by atoms with Gasteiger partial charge in [0.1, 0.15) is 0 Å². The Balaban J connectivity index is 1.87. The van der Waals surface area contributed by atoms with Gasteiger partial charge in [0.2, 0.25) is 0 Å². The van der Waals surface area contributed by atoms with Crippen LogP contribution < -0.4 is 11.1 Å². The molecule has 1 aliphatic carbocycles. The Morgan fingerprint density at radius 3 is 2.56 bits per heavy atom. The maximum absolute atomic E-state index is 5.62. The number of hydrogen-bond donors (Lipinski definition) is 2. The molecule has 0 amide bonds. The molecular weight excluding hydrogens is 196 g/mol. The van der Waals surface area contributed by atoms with Crippen molar-refractivity contribution in [3.63, 3.8) is 0 Å². The number of hydrogen-bond acceptors (Lipinski definition) is 2. The molecule has 0 spiro atoms. The minimum absolute atomic E-state index is 0.734. The van der Waals surface area contributed by atoms with Gasteiger partial charge in [0, 0.05) is 12.6 Å². The van der Waals surface area contributed by atoms with Gasteiger partial charge in [-0.3, -0.25) is 0 Å². The lowest BCUT2D eigenvalue weighted by Crippen LogP contribution is -2.39. The van der Waals surface area contributed by atoms with Crippen LogP contribution in [0.5, 0.6) is 0 Å². The van der Waals surface area contributed by atoms with Gasteiger partial charge >= 0.3 is 0 Å². The van der Waals surface area contributed by atoms with Crippen molar-refractivity contribution in [1.82, 2.24) is 5.32 Å². The first-order chi connectivity index (χ1) is 7.79. The van der Waals surface area contributed by atoms with Crippen LogP contribution in [0.25, 0.3) is 0 Å². The molecule has 2 rings (SSSR count). The zero-order valence-electron chi connectivity index (χ0n) is 10.1. The molecule has 1 aromatic carbocycles. The van der Waals surface area contributed by atoms with Gasteiger partial charge in [-0.2, -0.15) is 0 Å². The van der Waals surface area contributed by atoms with Crippen LogP contribution in [0, 0.1) is 5.92 Å². The van der Waals surface area contributed by atoms with E-state index in [0.717, 1.165) is 31.5 Å². The summed E-state index contributed by atoms with van der Waals surface area (Å²) in [6.07, 6.45) is 3.65. The largest absolute Gasteiger partial charge is 0.330 e. The third kappa shape index (κ3) is 2.83. The van der Waals surface area contributed by atoms with Crippen LogP contribution in [0.4, 0.5) is 0 Å². The fourth-order valence-electron chi connectivity index (χ4n) is 2.45. The zero-order chi connectivity index (χ0) is 11.4. The van der Waals surface area contributed by atoms with Crippen molar-refractivity contribution >= 4 is 0 Å². The molecule has 3 N–H and O–H groups in total. The summed E-state index contributed by atoms with van der Waals surface area (Å²) in [6.45, 7) is 4.05. The molecule has 16 heavy (non-hydrogen) atoms. The summed E-state index contributed by atoms with van der Waals surface area (Å²) in [5, 5.41) is 3.62. The molecule has 0 heterocycles. The van der Waals surface area contributed by atoms with E-state index in [-0.39, 0.29) is 0 Å². The van der Waals surface area contributed by atoms with Crippen LogP contribution in [0.15, 0.2) is 24.3 Å². The molecule has 1 saturated carbocycles. The first-order valence-electron chi connectivity index (χ1n) is 6.30. The van der Waals surface area contributed by atoms with Gasteiger partial charge in [-0.25, -0.2) is 0 Å². The number of nitrogens with two attached hydrogens (primary N) is 1. The van der Waals surface area contributed by atoms with Gasteiger partial charge in [-0.1, -0.05) is 31.2 Å². The van der Waals surface area contributed by atoms with E-state index in [1.165, 1.54) is 24.0 Å². The Morgan fingerprint density at radius 1 is 1.25 bits per heavy atom. The normalized spacial score (nSPS) is 24.1. The number of rotatable bonds is 5. The van der Waals surface area contributed by atoms with E-state index in [1.54, 1.807) is 0 Å². The first-order valence-corrected chi connectivity index (χ1v) is 6.30. The van der Waals surface area contributed by atoms with Gasteiger partial charge in [0.15, 0.2) is 0 Å². The van der Waals surface area contributed by atoms with Crippen molar-refractivity contribution in [2.75, 3.05) is 6.54 Å². The lowest BCUT2D eigenvalue weighted by Gasteiger charge is -2.33. The van der Waals surface area contributed by atoms with Crippen LogP contribution in [0.3, 0.4) is 0 Å². The van der Waals surface area contributed by atoms with Crippen LogP contribution in [0.2, 0.25) is 0 Å². The number of benzene rings is 1. The van der Waals surface area contributed by atoms with E-state index in [4.69, 9.17) is 5.73 Å². The lowest BCUT2D eigenvalue weighted by atomic mass is 9.82. The van der Waals surface area contributed by atoms with Crippen molar-refractivity contribution in [3.8, 4) is 0 Å². The summed E-state index contributed by atoms with van der Waals surface area (Å²) in [6, 6.07) is 9.34. The Labute approximate surface area is 98.2 Å². The second kappa shape index (κ2) is 5.46. The highest BCUT2D eigenvalue weighted by atomic mass is 14.9. The zero-order valence-corrected chi connectivity index (χ0v) is 10.1. The van der Waals surface area contributed by atoms with Gasteiger partial charge in [-0.15, -0.1) is 0 Å². The van der Waals surface area contributed by atoms with Crippen molar-refractivity contribution < 1.29 is 0 Å². The minimum atomic E-state index is 0.734. The van der Waals surface area contributed by atoms with E-state index in [0.29, 0.717) is 0 Å². The maximum Gasteiger partial charge on any atom is 0.0210 e. The monoisotopic (exact) mass is 218 g/mol. The SMILES string of the molecule is CC1CC(NCc2ccccc2CCN)C1. The maximum atomic E-state index is 5.62. The first kappa shape index (κ1) is 11.6. The smallest absolute Gasteiger partial charge is 0.0210 e. The van der Waals surface area contributed by atoms with Crippen molar-refractivity contribution in [3.05, 3.63) is 35.4 Å². The van der Waals surface area contributed by atoms with E-state index < -0.39 is 0 Å². The van der Waals surface area contributed by atoms with Crippen LogP contribution in [-0.4, -0.2) is 12.6 Å². The molecule has 0 aromatic heterocycles. The number of nitrogens with one attached hydrogen (secondary N) is 1. The molecule has 0 bridgehead atoms. The van der Waals surface area contributed by atoms with Gasteiger partial charge in [0.05, 0.1) is 0 Å². The van der Waals surface area contributed by atoms with Crippen LogP contribution in [0.1, 0.15) is 30.9 Å². The summed E-state index contributed by atoms with van der Waals surface area (Å²) in [7, 11) is 0. The predicted octanol–water partition coefficient (Wildman–Crippen LogP) is 2.08. The fraction of sp³-hybridized carbons (Fsp3) is 0.571. The molecule has 1 aromatic rings. The molecule has 0 unspecified atom stereocenters. The molecule has 0 saturated heterocycles. The van der Waals surface area contributed by atoms with Gasteiger partial charge in [-0.05, 0) is 42.9 Å². The summed E-state index contributed by atoms with van der Waals surface area (Å²) in [5.74, 6) is 0.914. The van der Waals surface area contributed by atoms with E-state index in [2.05, 4.69) is 36.5 Å². The minimum Gasteiger partial charge on any atom is -0.330 e. The predicted molar refractivity (Wildman–Crippen MR) is 68.2 cm³/mol. The van der Waals surface area contributed by atoms with E-state index in [9.17, 15) is 0 Å². The average molecular weight is 218 g/mol. The van der Waals surface area contributed by atoms with Crippen molar-refractivity contribution in [2.45, 2.75) is 38.8 Å². The molecule has 0 aliphatic heterocycles. The Bertz CT molecular complexity index is 329. The van der Waals surface area contributed by atoms with E-state index in [1.807, 2.05) is 0 Å². The fourth-order valence-corrected chi connectivity index (χ4v) is 2.45. The highest BCUT2D eigenvalue weighted by Crippen LogP contribution is 2.26. The van der Waals surface area contributed by atoms with Crippen LogP contribution in [-0.2, 0) is 13.0 Å². The molecule has 0 radical (unpaired) electrons. The standard InChI is InChI=1S/C14H22N2/c1-11-8-14(9-11)16-10-13-5-3-2-4-12(13)6-7-15/h2-5,11,14,16H,6-10,15H2,1H3. The van der Waals surface area contributed by atoms with Crippen LogP contribution >= 0.6 is 0 Å². The molecule has 1 fully saturated rings. The second-order valence-corrected chi connectivity index (χ2v) is 4.96. The van der Waals surface area contributed by atoms with E-state index >= 15 is 0 Å². The van der Waals surface area contributed by atoms with Gasteiger partial charge < -0.3 is 11.1 Å².